The Morgan fingerprint density at radius 1 is 1.47 bits per heavy atom. The van der Waals surface area contributed by atoms with Crippen LogP contribution in [0.2, 0.25) is 0 Å². The molecule has 0 saturated carbocycles. The first-order chi connectivity index (χ1) is 7.24. The van der Waals surface area contributed by atoms with Crippen molar-refractivity contribution < 1.29 is 4.39 Å². The Morgan fingerprint density at radius 2 is 2.27 bits per heavy atom. The van der Waals surface area contributed by atoms with Gasteiger partial charge in [0.15, 0.2) is 11.6 Å². The van der Waals surface area contributed by atoms with Gasteiger partial charge in [0.2, 0.25) is 0 Å². The third-order valence-electron chi connectivity index (χ3n) is 2.04. The van der Waals surface area contributed by atoms with E-state index in [1.807, 2.05) is 6.07 Å². The lowest BCUT2D eigenvalue weighted by atomic mass is 10.4. The van der Waals surface area contributed by atoms with Crippen molar-refractivity contribution in [3.63, 3.8) is 0 Å². The molecule has 2 heterocycles. The number of halogens is 1. The van der Waals surface area contributed by atoms with Gasteiger partial charge in [0.25, 0.3) is 0 Å². The molecule has 2 rings (SSSR count). The van der Waals surface area contributed by atoms with E-state index in [-0.39, 0.29) is 11.5 Å². The average Bonchev–Trinajstić information content (AvgIpc) is 2.70. The van der Waals surface area contributed by atoms with Gasteiger partial charge in [-0.1, -0.05) is 0 Å². The standard InChI is InChI=1S/C10H7FN4/c1-7-9(11)10(14-6-13-7)15-4-2-3-8(15)5-12/h2-4,6H,1H3. The van der Waals surface area contributed by atoms with E-state index >= 15 is 0 Å². The van der Waals surface area contributed by atoms with E-state index in [9.17, 15) is 4.39 Å². The van der Waals surface area contributed by atoms with Crippen molar-refractivity contribution in [2.75, 3.05) is 0 Å². The summed E-state index contributed by atoms with van der Waals surface area (Å²) in [6.45, 7) is 1.55. The molecule has 0 aliphatic heterocycles. The van der Waals surface area contributed by atoms with Crippen molar-refractivity contribution >= 4 is 0 Å². The summed E-state index contributed by atoms with van der Waals surface area (Å²) in [4.78, 5) is 7.54. The Bertz CT molecular complexity index is 539. The summed E-state index contributed by atoms with van der Waals surface area (Å²) in [5.41, 5.74) is 0.601. The van der Waals surface area contributed by atoms with Crippen LogP contribution in [-0.2, 0) is 0 Å². The van der Waals surface area contributed by atoms with Gasteiger partial charge < -0.3 is 0 Å². The van der Waals surface area contributed by atoms with E-state index in [1.165, 1.54) is 10.9 Å². The molecule has 4 nitrogen and oxygen atoms in total. The maximum absolute atomic E-state index is 13.6. The molecule has 0 aliphatic carbocycles. The number of aromatic nitrogens is 3. The van der Waals surface area contributed by atoms with Gasteiger partial charge in [-0.2, -0.15) is 5.26 Å². The Kier molecular flexibility index (Phi) is 2.18. The quantitative estimate of drug-likeness (QED) is 0.705. The summed E-state index contributed by atoms with van der Waals surface area (Å²) in [7, 11) is 0. The Labute approximate surface area is 85.6 Å². The highest BCUT2D eigenvalue weighted by Gasteiger charge is 2.11. The fourth-order valence-electron chi connectivity index (χ4n) is 1.27. The molecule has 0 spiro atoms. The van der Waals surface area contributed by atoms with Crippen molar-refractivity contribution in [2.45, 2.75) is 6.92 Å². The van der Waals surface area contributed by atoms with E-state index in [0.29, 0.717) is 5.69 Å². The van der Waals surface area contributed by atoms with Crippen LogP contribution in [0, 0.1) is 24.1 Å². The fourth-order valence-corrected chi connectivity index (χ4v) is 1.27. The lowest BCUT2D eigenvalue weighted by Gasteiger charge is -2.05. The van der Waals surface area contributed by atoms with Gasteiger partial charge in [-0.25, -0.2) is 14.4 Å². The zero-order valence-electron chi connectivity index (χ0n) is 7.98. The first kappa shape index (κ1) is 9.34. The molecule has 2 aromatic heterocycles. The van der Waals surface area contributed by atoms with Crippen LogP contribution >= 0.6 is 0 Å². The highest BCUT2D eigenvalue weighted by atomic mass is 19.1. The van der Waals surface area contributed by atoms with E-state index in [2.05, 4.69) is 9.97 Å². The normalized spacial score (nSPS) is 9.93. The van der Waals surface area contributed by atoms with Crippen molar-refractivity contribution in [2.24, 2.45) is 0 Å². The molecule has 0 fully saturated rings. The zero-order chi connectivity index (χ0) is 10.8. The fraction of sp³-hybridized carbons (Fsp3) is 0.100. The minimum Gasteiger partial charge on any atom is -0.290 e. The molecule has 0 aliphatic rings. The Balaban J connectivity index is 2.65. The first-order valence-electron chi connectivity index (χ1n) is 4.29. The molecule has 5 heteroatoms. The van der Waals surface area contributed by atoms with Gasteiger partial charge >= 0.3 is 0 Å². The van der Waals surface area contributed by atoms with Crippen LogP contribution in [-0.4, -0.2) is 14.5 Å². The lowest BCUT2D eigenvalue weighted by Crippen LogP contribution is -2.04. The molecule has 0 bridgehead atoms. The van der Waals surface area contributed by atoms with Crippen molar-refractivity contribution in [1.82, 2.24) is 14.5 Å². The Morgan fingerprint density at radius 3 is 3.00 bits per heavy atom. The lowest BCUT2D eigenvalue weighted by molar-refractivity contribution is 0.589. The highest BCUT2D eigenvalue weighted by Crippen LogP contribution is 2.14. The van der Waals surface area contributed by atoms with Gasteiger partial charge in [-0.3, -0.25) is 4.57 Å². The van der Waals surface area contributed by atoms with Crippen LogP contribution < -0.4 is 0 Å². The number of nitriles is 1. The third-order valence-corrected chi connectivity index (χ3v) is 2.04. The number of nitrogens with zero attached hydrogens (tertiary/aromatic N) is 4. The van der Waals surface area contributed by atoms with Crippen LogP contribution in [0.25, 0.3) is 5.82 Å². The second kappa shape index (κ2) is 3.50. The predicted molar refractivity (Wildman–Crippen MR) is 50.8 cm³/mol. The molecule has 0 atom stereocenters. The Hall–Kier alpha value is -2.22. The molecule has 0 aromatic carbocycles. The van der Waals surface area contributed by atoms with Crippen LogP contribution in [0.4, 0.5) is 4.39 Å². The predicted octanol–water partition coefficient (Wildman–Crippen LogP) is 1.59. The molecule has 0 radical (unpaired) electrons. The molecular formula is C10H7FN4. The molecule has 15 heavy (non-hydrogen) atoms. The first-order valence-corrected chi connectivity index (χ1v) is 4.29. The molecular weight excluding hydrogens is 195 g/mol. The SMILES string of the molecule is Cc1ncnc(-n2cccc2C#N)c1F. The highest BCUT2D eigenvalue weighted by molar-refractivity contribution is 5.35. The van der Waals surface area contributed by atoms with Gasteiger partial charge in [0.05, 0.1) is 5.69 Å². The third kappa shape index (κ3) is 1.46. The largest absolute Gasteiger partial charge is 0.290 e. The van der Waals surface area contributed by atoms with Crippen molar-refractivity contribution in [3.05, 3.63) is 41.9 Å². The molecule has 2 aromatic rings. The molecule has 0 N–H and O–H groups in total. The zero-order valence-corrected chi connectivity index (χ0v) is 7.98. The smallest absolute Gasteiger partial charge is 0.187 e. The maximum atomic E-state index is 13.6. The van der Waals surface area contributed by atoms with Gasteiger partial charge in [-0.15, -0.1) is 0 Å². The summed E-state index contributed by atoms with van der Waals surface area (Å²) < 4.78 is 15.0. The van der Waals surface area contributed by atoms with Crippen molar-refractivity contribution in [1.29, 1.82) is 5.26 Å². The average molecular weight is 202 g/mol. The van der Waals surface area contributed by atoms with Crippen LogP contribution in [0.5, 0.6) is 0 Å². The van der Waals surface area contributed by atoms with Gasteiger partial charge in [0, 0.05) is 6.20 Å². The summed E-state index contributed by atoms with van der Waals surface area (Å²) >= 11 is 0. The van der Waals surface area contributed by atoms with E-state index in [1.54, 1.807) is 25.3 Å². The van der Waals surface area contributed by atoms with Gasteiger partial charge in [-0.05, 0) is 19.1 Å². The summed E-state index contributed by atoms with van der Waals surface area (Å²) in [5.74, 6) is -0.408. The minimum absolute atomic E-state index is 0.101. The number of hydrogen-bond acceptors (Lipinski definition) is 3. The molecule has 0 unspecified atom stereocenters. The maximum Gasteiger partial charge on any atom is 0.187 e. The summed E-state index contributed by atoms with van der Waals surface area (Å²) in [5, 5.41) is 8.79. The number of aryl methyl sites for hydroxylation is 1. The topological polar surface area (TPSA) is 54.5 Å². The molecule has 74 valence electrons. The minimum atomic E-state index is -0.509. The number of rotatable bonds is 1. The van der Waals surface area contributed by atoms with Crippen LogP contribution in [0.1, 0.15) is 11.4 Å². The second-order valence-electron chi connectivity index (χ2n) is 2.97. The van der Waals surface area contributed by atoms with E-state index < -0.39 is 5.82 Å². The molecule has 0 saturated heterocycles. The van der Waals surface area contributed by atoms with E-state index in [4.69, 9.17) is 5.26 Å². The second-order valence-corrected chi connectivity index (χ2v) is 2.97. The van der Waals surface area contributed by atoms with Crippen molar-refractivity contribution in [3.8, 4) is 11.9 Å². The van der Waals surface area contributed by atoms with Crippen LogP contribution in [0.3, 0.4) is 0 Å². The van der Waals surface area contributed by atoms with E-state index in [0.717, 1.165) is 0 Å². The van der Waals surface area contributed by atoms with Gasteiger partial charge in [0.1, 0.15) is 18.1 Å². The molecule has 0 amide bonds. The summed E-state index contributed by atoms with van der Waals surface area (Å²) in [6, 6.07) is 5.21. The van der Waals surface area contributed by atoms with Crippen LogP contribution in [0.15, 0.2) is 24.7 Å². The summed E-state index contributed by atoms with van der Waals surface area (Å²) in [6.07, 6.45) is 2.86. The number of hydrogen-bond donors (Lipinski definition) is 0. The monoisotopic (exact) mass is 202 g/mol.